The number of Topliss-reactive ketones (excluding diaryl/α,β-unsaturated/α-hetero) is 1. The average molecular weight is 1060 g/mol. The number of ketones is 1. The van der Waals surface area contributed by atoms with Crippen LogP contribution < -0.4 is 10.6 Å². The van der Waals surface area contributed by atoms with Crippen molar-refractivity contribution in [3.8, 4) is 11.1 Å². The number of carboxylic acids is 3. The molecule has 408 valence electrons. The Morgan fingerprint density at radius 2 is 1.18 bits per heavy atom. The molecule has 2 atom stereocenters. The highest BCUT2D eigenvalue weighted by molar-refractivity contribution is 6.08. The van der Waals surface area contributed by atoms with Gasteiger partial charge in [-0.15, -0.1) is 0 Å². The molecule has 5 aromatic rings. The molecule has 23 nitrogen and oxygen atoms in total. The lowest BCUT2D eigenvalue weighted by Gasteiger charge is -2.37. The number of aromatic nitrogens is 2. The number of fused-ring (bicyclic) bond motifs is 2. The van der Waals surface area contributed by atoms with Crippen molar-refractivity contribution in [2.45, 2.75) is 18.6 Å². The van der Waals surface area contributed by atoms with Crippen LogP contribution in [0.5, 0.6) is 0 Å². The lowest BCUT2D eigenvalue weighted by molar-refractivity contribution is -0.141. The molecule has 4 amide bonds. The number of oxazole rings is 1. The van der Waals surface area contributed by atoms with Gasteiger partial charge in [0.05, 0.1) is 50.3 Å². The molecule has 77 heavy (non-hydrogen) atoms. The molecule has 8 rings (SSSR count). The maximum absolute atomic E-state index is 14.7. The van der Waals surface area contributed by atoms with Gasteiger partial charge in [0.25, 0.3) is 17.7 Å². The highest BCUT2D eigenvalue weighted by atomic mass is 19.1. The van der Waals surface area contributed by atoms with Crippen molar-refractivity contribution < 1.29 is 62.5 Å². The Bertz CT molecular complexity index is 2900. The van der Waals surface area contributed by atoms with Gasteiger partial charge in [-0.1, -0.05) is 30.3 Å². The molecule has 0 radical (unpaired) electrons. The van der Waals surface area contributed by atoms with Crippen molar-refractivity contribution in [3.05, 3.63) is 96.0 Å². The standard InChI is InChI=1S/C53H62FN11O12/c54-38-28-43(50(74)53-58-42-3-1-2-4-44(42)77-53)65(30-38)45(66)29-57-52(76)39-11-12-55-41-10-9-37(27-40(39)41)35-5-7-36(8-6-35)51(75)56-13-14-59-23-25-64(26-24-59)46(67)31-60-15-17-61(32-47(68)69)19-21-63(34-49(72)73)22-20-62(18-16-60)33-48(70)71/h1-12,27,38,43H,13-26,28-34H2,(H,56,75)(H,57,76)(H,68,69)(H,70,71)(H,72,73)/t38-,43-/m0/s1. The molecule has 3 aromatic carbocycles. The van der Waals surface area contributed by atoms with Gasteiger partial charge in [0, 0.05) is 115 Å². The van der Waals surface area contributed by atoms with E-state index in [9.17, 15) is 58.1 Å². The number of piperazine rings is 1. The van der Waals surface area contributed by atoms with Crippen LogP contribution in [-0.4, -0.2) is 250 Å². The van der Waals surface area contributed by atoms with E-state index in [0.717, 1.165) is 16.0 Å². The van der Waals surface area contributed by atoms with Gasteiger partial charge >= 0.3 is 17.9 Å². The molecule has 3 aliphatic heterocycles. The number of likely N-dealkylation sites (tertiary alicyclic amines) is 1. The molecule has 0 aliphatic carbocycles. The first kappa shape index (κ1) is 55.5. The third kappa shape index (κ3) is 15.0. The third-order valence-corrected chi connectivity index (χ3v) is 14.0. The van der Waals surface area contributed by atoms with Gasteiger partial charge in [-0.2, -0.15) is 0 Å². The number of aliphatic carboxylic acids is 3. The summed E-state index contributed by atoms with van der Waals surface area (Å²) in [6.07, 6.45) is -0.189. The predicted molar refractivity (Wildman–Crippen MR) is 277 cm³/mol. The number of hydrogen-bond acceptors (Lipinski definition) is 16. The van der Waals surface area contributed by atoms with E-state index in [0.29, 0.717) is 93.0 Å². The predicted octanol–water partition coefficient (Wildman–Crippen LogP) is 0.944. The second kappa shape index (κ2) is 25.8. The average Bonchev–Trinajstić information content (AvgIpc) is 4.04. The molecule has 0 unspecified atom stereocenters. The number of alkyl halides is 1. The quantitative estimate of drug-likeness (QED) is 0.0764. The van der Waals surface area contributed by atoms with Crippen molar-refractivity contribution >= 4 is 69.3 Å². The van der Waals surface area contributed by atoms with Crippen LogP contribution in [0.15, 0.2) is 83.4 Å². The Kier molecular flexibility index (Phi) is 18.6. The minimum Gasteiger partial charge on any atom is -0.480 e. The zero-order valence-corrected chi connectivity index (χ0v) is 42.4. The summed E-state index contributed by atoms with van der Waals surface area (Å²) in [7, 11) is 0. The van der Waals surface area contributed by atoms with E-state index < -0.39 is 54.3 Å². The molecule has 5 N–H and O–H groups in total. The highest BCUT2D eigenvalue weighted by Gasteiger charge is 2.42. The van der Waals surface area contributed by atoms with Gasteiger partial charge < -0.3 is 40.2 Å². The summed E-state index contributed by atoms with van der Waals surface area (Å²) < 4.78 is 20.3. The van der Waals surface area contributed by atoms with Crippen molar-refractivity contribution in [2.75, 3.05) is 131 Å². The summed E-state index contributed by atoms with van der Waals surface area (Å²) in [4.78, 5) is 123. The van der Waals surface area contributed by atoms with Crippen LogP contribution in [0.25, 0.3) is 33.1 Å². The van der Waals surface area contributed by atoms with E-state index in [4.69, 9.17) is 4.42 Å². The van der Waals surface area contributed by atoms with Crippen LogP contribution in [0.3, 0.4) is 0 Å². The zero-order chi connectivity index (χ0) is 54.6. The number of carbonyl (C=O) groups excluding carboxylic acids is 5. The summed E-state index contributed by atoms with van der Waals surface area (Å²) in [5.74, 6) is -5.52. The largest absolute Gasteiger partial charge is 0.480 e. The van der Waals surface area contributed by atoms with Gasteiger partial charge in [0.1, 0.15) is 17.7 Å². The molecule has 3 fully saturated rings. The van der Waals surface area contributed by atoms with Gasteiger partial charge in [0.2, 0.25) is 17.6 Å². The van der Waals surface area contributed by atoms with E-state index in [1.165, 1.54) is 12.3 Å². The van der Waals surface area contributed by atoms with Crippen molar-refractivity contribution in [2.24, 2.45) is 0 Å². The van der Waals surface area contributed by atoms with Crippen molar-refractivity contribution in [1.82, 2.24) is 54.9 Å². The van der Waals surface area contributed by atoms with Crippen LogP contribution in [0.1, 0.15) is 37.8 Å². The number of hydrogen-bond donors (Lipinski definition) is 5. The third-order valence-electron chi connectivity index (χ3n) is 14.0. The van der Waals surface area contributed by atoms with E-state index >= 15 is 0 Å². The summed E-state index contributed by atoms with van der Waals surface area (Å²) in [5.41, 5.74) is 3.55. The molecule has 0 bridgehead atoms. The van der Waals surface area contributed by atoms with Gasteiger partial charge in [0.15, 0.2) is 5.58 Å². The molecule has 5 heterocycles. The highest BCUT2D eigenvalue weighted by Crippen LogP contribution is 2.28. The zero-order valence-electron chi connectivity index (χ0n) is 42.4. The Morgan fingerprint density at radius 3 is 1.78 bits per heavy atom. The number of pyridine rings is 1. The molecular formula is C53H62FN11O12. The molecule has 24 heteroatoms. The maximum atomic E-state index is 14.7. The first-order valence-corrected chi connectivity index (χ1v) is 25.5. The fraction of sp³-hybridized carbons (Fsp3) is 0.434. The monoisotopic (exact) mass is 1060 g/mol. The topological polar surface area (TPSA) is 283 Å². The smallest absolute Gasteiger partial charge is 0.317 e. The Hall–Kier alpha value is -7.77. The van der Waals surface area contributed by atoms with Crippen LogP contribution in [0.4, 0.5) is 4.39 Å². The number of rotatable bonds is 18. The Morgan fingerprint density at radius 1 is 0.610 bits per heavy atom. The van der Waals surface area contributed by atoms with Crippen LogP contribution >= 0.6 is 0 Å². The molecule has 2 aromatic heterocycles. The minimum absolute atomic E-state index is 0.0584. The lowest BCUT2D eigenvalue weighted by Crippen LogP contribution is -2.53. The van der Waals surface area contributed by atoms with Gasteiger partial charge in [-0.05, 0) is 53.6 Å². The Labute approximate surface area is 442 Å². The number of nitrogens with zero attached hydrogens (tertiary/aromatic N) is 9. The number of amides is 4. The van der Waals surface area contributed by atoms with Crippen LogP contribution in [0, 0.1) is 0 Å². The Balaban J connectivity index is 0.797. The second-order valence-electron chi connectivity index (χ2n) is 19.4. The number of para-hydroxylation sites is 2. The SMILES string of the molecule is O=C(O)CN1CCN(CC(=O)O)CCN(CC(=O)N2CCN(CCNC(=O)c3ccc(-c4ccc5nccc(C(=O)NCC(=O)N6C[C@@H](F)C[C@H]6C(=O)c6nc7ccccc7o6)c5c4)cc3)CC2)CCN(CC(=O)O)CC1. The molecule has 0 saturated carbocycles. The fourth-order valence-electron chi connectivity index (χ4n) is 9.85. The normalized spacial score (nSPS) is 18.9. The fourth-order valence-corrected chi connectivity index (χ4v) is 9.85. The summed E-state index contributed by atoms with van der Waals surface area (Å²) in [6.45, 7) is 3.92. The van der Waals surface area contributed by atoms with E-state index in [1.54, 1.807) is 80.3 Å². The number of carbonyl (C=O) groups is 8. The number of nitrogens with one attached hydrogen (secondary N) is 2. The first-order chi connectivity index (χ1) is 37.1. The van der Waals surface area contributed by atoms with Gasteiger partial charge in [-0.3, -0.25) is 67.8 Å². The first-order valence-electron chi connectivity index (χ1n) is 25.5. The van der Waals surface area contributed by atoms with E-state index in [1.807, 2.05) is 11.0 Å². The summed E-state index contributed by atoms with van der Waals surface area (Å²) >= 11 is 0. The van der Waals surface area contributed by atoms with E-state index in [-0.39, 0.29) is 88.6 Å². The van der Waals surface area contributed by atoms with Crippen LogP contribution in [0.2, 0.25) is 0 Å². The van der Waals surface area contributed by atoms with Crippen molar-refractivity contribution in [3.63, 3.8) is 0 Å². The molecule has 3 aliphatic rings. The lowest BCUT2D eigenvalue weighted by atomic mass is 9.99. The molecular weight excluding hydrogens is 1000 g/mol. The van der Waals surface area contributed by atoms with Crippen molar-refractivity contribution in [1.29, 1.82) is 0 Å². The van der Waals surface area contributed by atoms with E-state index in [2.05, 4.69) is 25.5 Å². The second-order valence-corrected chi connectivity index (χ2v) is 19.4. The minimum atomic E-state index is -1.45. The molecule has 0 spiro atoms. The number of carboxylic acid groups (broad SMARTS) is 3. The molecule has 3 saturated heterocycles. The van der Waals surface area contributed by atoms with Gasteiger partial charge in [-0.25, -0.2) is 9.37 Å². The van der Waals surface area contributed by atoms with Crippen LogP contribution in [-0.2, 0) is 24.0 Å². The summed E-state index contributed by atoms with van der Waals surface area (Å²) in [5, 5.41) is 34.6. The number of benzene rings is 3. The summed E-state index contributed by atoms with van der Waals surface area (Å²) in [6, 6.07) is 19.6. The maximum Gasteiger partial charge on any atom is 0.317 e. The number of halogens is 1.